The first-order chi connectivity index (χ1) is 13.2. The number of piperidine rings is 1. The van der Waals surface area contributed by atoms with Gasteiger partial charge in [-0.05, 0) is 68.9 Å². The van der Waals surface area contributed by atoms with E-state index >= 15 is 0 Å². The summed E-state index contributed by atoms with van der Waals surface area (Å²) >= 11 is 0. The van der Waals surface area contributed by atoms with E-state index in [0.717, 1.165) is 62.5 Å². The number of benzene rings is 1. The topological polar surface area (TPSA) is 59.6 Å². The van der Waals surface area contributed by atoms with Crippen LogP contribution in [0.25, 0.3) is 0 Å². The third-order valence-electron chi connectivity index (χ3n) is 6.33. The van der Waals surface area contributed by atoms with Crippen molar-refractivity contribution in [3.05, 3.63) is 23.8 Å². The molecule has 4 rings (SSSR count). The van der Waals surface area contributed by atoms with Crippen molar-refractivity contribution in [2.75, 3.05) is 25.1 Å². The average molecular weight is 409 g/mol. The third kappa shape index (κ3) is 5.62. The van der Waals surface area contributed by atoms with E-state index in [9.17, 15) is 4.79 Å². The molecule has 0 radical (unpaired) electrons. The maximum Gasteiger partial charge on any atom is 0.224 e. The molecule has 2 bridgehead atoms. The Labute approximate surface area is 174 Å². The van der Waals surface area contributed by atoms with Crippen LogP contribution in [0.3, 0.4) is 0 Å². The van der Waals surface area contributed by atoms with Gasteiger partial charge in [-0.3, -0.25) is 4.79 Å². The molecule has 0 aliphatic carbocycles. The Morgan fingerprint density at radius 3 is 2.57 bits per heavy atom. The zero-order valence-electron chi connectivity index (χ0n) is 16.7. The Morgan fingerprint density at radius 2 is 1.86 bits per heavy atom. The van der Waals surface area contributed by atoms with Crippen LogP contribution in [-0.2, 0) is 9.53 Å². The van der Waals surface area contributed by atoms with Crippen molar-refractivity contribution in [3.8, 4) is 5.75 Å². The van der Waals surface area contributed by atoms with Crippen molar-refractivity contribution in [2.24, 2.45) is 11.8 Å². The number of hydrogen-bond acceptors (Lipinski definition) is 4. The molecule has 6 heteroatoms. The number of carbonyl (C=O) groups is 1. The molecule has 1 aromatic carbocycles. The van der Waals surface area contributed by atoms with E-state index < -0.39 is 0 Å². The number of carbonyl (C=O) groups excluding carboxylic acids is 1. The maximum atomic E-state index is 12.5. The van der Waals surface area contributed by atoms with Crippen molar-refractivity contribution in [1.82, 2.24) is 5.32 Å². The molecule has 2 unspecified atom stereocenters. The van der Waals surface area contributed by atoms with Crippen molar-refractivity contribution in [3.63, 3.8) is 0 Å². The number of halogens is 1. The zero-order valence-corrected chi connectivity index (χ0v) is 17.6. The molecule has 3 aliphatic heterocycles. The van der Waals surface area contributed by atoms with E-state index in [2.05, 4.69) is 17.6 Å². The van der Waals surface area contributed by atoms with Crippen molar-refractivity contribution < 1.29 is 14.3 Å². The lowest BCUT2D eigenvalue weighted by Crippen LogP contribution is -2.39. The lowest BCUT2D eigenvalue weighted by Gasteiger charge is -2.28. The molecule has 0 aromatic heterocycles. The molecule has 3 aliphatic rings. The van der Waals surface area contributed by atoms with Gasteiger partial charge in [-0.25, -0.2) is 0 Å². The fourth-order valence-corrected chi connectivity index (χ4v) is 4.77. The Morgan fingerprint density at radius 1 is 1.14 bits per heavy atom. The number of anilines is 1. The van der Waals surface area contributed by atoms with Gasteiger partial charge in [0.05, 0.1) is 6.61 Å². The van der Waals surface area contributed by atoms with Crippen molar-refractivity contribution >= 4 is 24.0 Å². The van der Waals surface area contributed by atoms with E-state index in [1.807, 2.05) is 18.2 Å². The summed E-state index contributed by atoms with van der Waals surface area (Å²) in [6.45, 7) is 4.44. The highest BCUT2D eigenvalue weighted by Gasteiger charge is 2.34. The van der Waals surface area contributed by atoms with Gasteiger partial charge >= 0.3 is 0 Å². The fourth-order valence-electron chi connectivity index (χ4n) is 4.77. The monoisotopic (exact) mass is 408 g/mol. The highest BCUT2D eigenvalue weighted by Crippen LogP contribution is 2.33. The average Bonchev–Trinajstić information content (AvgIpc) is 3.01. The minimum atomic E-state index is 0. The summed E-state index contributed by atoms with van der Waals surface area (Å²) in [5.41, 5.74) is 1.94. The predicted octanol–water partition coefficient (Wildman–Crippen LogP) is 4.08. The first-order valence-corrected chi connectivity index (χ1v) is 10.5. The Hall–Kier alpha value is -1.30. The minimum absolute atomic E-state index is 0. The van der Waals surface area contributed by atoms with Gasteiger partial charge in [0.15, 0.2) is 0 Å². The molecule has 0 saturated carbocycles. The molecule has 2 atom stereocenters. The summed E-state index contributed by atoms with van der Waals surface area (Å²) in [7, 11) is 0. The first-order valence-electron chi connectivity index (χ1n) is 10.5. The molecular formula is C22H33ClN2O3. The van der Waals surface area contributed by atoms with Gasteiger partial charge in [-0.15, -0.1) is 12.4 Å². The largest absolute Gasteiger partial charge is 0.493 e. The summed E-state index contributed by atoms with van der Waals surface area (Å²) in [6, 6.07) is 7.23. The SMILES string of the molecule is Cc1ccc(NC(=O)CC2CC3CCC(C2)N3)cc1OCC1CCOCC1.Cl. The van der Waals surface area contributed by atoms with Crippen molar-refractivity contribution in [1.29, 1.82) is 0 Å². The van der Waals surface area contributed by atoms with E-state index in [1.165, 1.54) is 12.8 Å². The normalized spacial score (nSPS) is 27.1. The molecule has 3 fully saturated rings. The second-order valence-electron chi connectivity index (χ2n) is 8.57. The summed E-state index contributed by atoms with van der Waals surface area (Å²) in [6.07, 6.45) is 7.57. The highest BCUT2D eigenvalue weighted by atomic mass is 35.5. The third-order valence-corrected chi connectivity index (χ3v) is 6.33. The van der Waals surface area contributed by atoms with Crippen LogP contribution in [0, 0.1) is 18.8 Å². The van der Waals surface area contributed by atoms with Gasteiger partial charge < -0.3 is 20.1 Å². The molecule has 2 N–H and O–H groups in total. The molecule has 3 heterocycles. The van der Waals surface area contributed by atoms with Crippen LogP contribution in [0.1, 0.15) is 50.5 Å². The Balaban J connectivity index is 0.00000225. The fraction of sp³-hybridized carbons (Fsp3) is 0.682. The quantitative estimate of drug-likeness (QED) is 0.744. The maximum absolute atomic E-state index is 12.5. The van der Waals surface area contributed by atoms with Crippen LogP contribution in [0.5, 0.6) is 5.75 Å². The van der Waals surface area contributed by atoms with Gasteiger partial charge in [0.25, 0.3) is 0 Å². The van der Waals surface area contributed by atoms with E-state index in [4.69, 9.17) is 9.47 Å². The Kier molecular flexibility index (Phi) is 7.61. The van der Waals surface area contributed by atoms with Gasteiger partial charge in [-0.1, -0.05) is 6.07 Å². The van der Waals surface area contributed by atoms with E-state index in [-0.39, 0.29) is 18.3 Å². The standard InChI is InChI=1S/C22H32N2O3.ClH/c1-15-2-3-20(13-21(15)27-14-16-6-8-26-9-7-16)24-22(25)12-17-10-18-4-5-19(11-17)23-18;/h2-3,13,16-19,23H,4-12,14H2,1H3,(H,24,25);1H. The molecule has 3 saturated heterocycles. The lowest BCUT2D eigenvalue weighted by molar-refractivity contribution is -0.117. The summed E-state index contributed by atoms with van der Waals surface area (Å²) < 4.78 is 11.5. The van der Waals surface area contributed by atoms with Crippen LogP contribution in [0.4, 0.5) is 5.69 Å². The number of fused-ring (bicyclic) bond motifs is 2. The smallest absolute Gasteiger partial charge is 0.224 e. The number of nitrogens with one attached hydrogen (secondary N) is 2. The van der Waals surface area contributed by atoms with E-state index in [1.54, 1.807) is 0 Å². The number of ether oxygens (including phenoxy) is 2. The summed E-state index contributed by atoms with van der Waals surface area (Å²) in [5.74, 6) is 2.07. The molecular weight excluding hydrogens is 376 g/mol. The molecule has 0 spiro atoms. The molecule has 28 heavy (non-hydrogen) atoms. The van der Waals surface area contributed by atoms with Crippen LogP contribution in [0.2, 0.25) is 0 Å². The zero-order chi connectivity index (χ0) is 18.6. The second kappa shape index (κ2) is 9.95. The number of rotatable bonds is 6. The highest BCUT2D eigenvalue weighted by molar-refractivity contribution is 5.91. The molecule has 5 nitrogen and oxygen atoms in total. The summed E-state index contributed by atoms with van der Waals surface area (Å²) in [4.78, 5) is 12.5. The molecule has 1 aromatic rings. The minimum Gasteiger partial charge on any atom is -0.493 e. The van der Waals surface area contributed by atoms with Crippen LogP contribution < -0.4 is 15.4 Å². The predicted molar refractivity (Wildman–Crippen MR) is 113 cm³/mol. The van der Waals surface area contributed by atoms with Crippen LogP contribution in [0.15, 0.2) is 18.2 Å². The summed E-state index contributed by atoms with van der Waals surface area (Å²) in [5, 5.41) is 6.73. The van der Waals surface area contributed by atoms with Gasteiger partial charge in [0, 0.05) is 43.5 Å². The second-order valence-corrected chi connectivity index (χ2v) is 8.57. The van der Waals surface area contributed by atoms with Gasteiger partial charge in [0.2, 0.25) is 5.91 Å². The molecule has 1 amide bonds. The Bertz CT molecular complexity index is 651. The first kappa shape index (κ1) is 21.4. The van der Waals surface area contributed by atoms with Crippen LogP contribution in [-0.4, -0.2) is 37.8 Å². The van der Waals surface area contributed by atoms with E-state index in [0.29, 0.717) is 30.3 Å². The van der Waals surface area contributed by atoms with Gasteiger partial charge in [-0.2, -0.15) is 0 Å². The van der Waals surface area contributed by atoms with Gasteiger partial charge in [0.1, 0.15) is 5.75 Å². The molecule has 156 valence electrons. The van der Waals surface area contributed by atoms with Crippen LogP contribution >= 0.6 is 12.4 Å². The number of amides is 1. The number of hydrogen-bond donors (Lipinski definition) is 2. The lowest BCUT2D eigenvalue weighted by atomic mass is 9.89. The van der Waals surface area contributed by atoms with Crippen molar-refractivity contribution in [2.45, 2.75) is 64.0 Å². The number of aryl methyl sites for hydroxylation is 1.